The fraction of sp³-hybridized carbons (Fsp3) is 0.846. The Morgan fingerprint density at radius 1 is 1.06 bits per heavy atom. The summed E-state index contributed by atoms with van der Waals surface area (Å²) in [5.41, 5.74) is 0.754. The van der Waals surface area contributed by atoms with E-state index in [4.69, 9.17) is 0 Å². The van der Waals surface area contributed by atoms with Crippen LogP contribution < -0.4 is 0 Å². The van der Waals surface area contributed by atoms with E-state index in [-0.39, 0.29) is 6.61 Å². The van der Waals surface area contributed by atoms with E-state index < -0.39 is 12.8 Å². The Morgan fingerprint density at radius 2 is 1.65 bits per heavy atom. The van der Waals surface area contributed by atoms with Gasteiger partial charge in [0.1, 0.15) is 6.61 Å². The molecule has 0 unspecified atom stereocenters. The van der Waals surface area contributed by atoms with Crippen LogP contribution in [0.3, 0.4) is 0 Å². The molecule has 17 heavy (non-hydrogen) atoms. The van der Waals surface area contributed by atoms with Gasteiger partial charge >= 0.3 is 6.18 Å². The quantitative estimate of drug-likeness (QED) is 0.398. The third-order valence-electron chi connectivity index (χ3n) is 2.46. The van der Waals surface area contributed by atoms with Crippen molar-refractivity contribution in [2.24, 2.45) is 0 Å². The van der Waals surface area contributed by atoms with Crippen LogP contribution in [0.4, 0.5) is 13.2 Å². The van der Waals surface area contributed by atoms with Gasteiger partial charge in [0.15, 0.2) is 0 Å². The van der Waals surface area contributed by atoms with Crippen LogP contribution in [0.1, 0.15) is 51.9 Å². The molecule has 4 heteroatoms. The molecule has 0 atom stereocenters. The summed E-state index contributed by atoms with van der Waals surface area (Å²) in [5.74, 6) is 0. The highest BCUT2D eigenvalue weighted by Crippen LogP contribution is 2.16. The minimum atomic E-state index is -4.24. The number of unbranched alkanes of at least 4 members (excludes halogenated alkanes) is 5. The fourth-order valence-corrected chi connectivity index (χ4v) is 1.54. The molecule has 0 aliphatic carbocycles. The second-order valence-electron chi connectivity index (χ2n) is 4.38. The van der Waals surface area contributed by atoms with Crippen LogP contribution >= 0.6 is 0 Å². The van der Waals surface area contributed by atoms with E-state index in [9.17, 15) is 13.2 Å². The molecule has 1 nitrogen and oxygen atoms in total. The molecular formula is C13H23F3O. The zero-order valence-corrected chi connectivity index (χ0v) is 10.6. The summed E-state index contributed by atoms with van der Waals surface area (Å²) in [6.07, 6.45) is 3.58. The highest BCUT2D eigenvalue weighted by Gasteiger charge is 2.27. The molecule has 0 N–H and O–H groups in total. The second-order valence-corrected chi connectivity index (χ2v) is 4.38. The van der Waals surface area contributed by atoms with Gasteiger partial charge in [-0.25, -0.2) is 0 Å². The van der Waals surface area contributed by atoms with Gasteiger partial charge in [-0.1, -0.05) is 51.2 Å². The van der Waals surface area contributed by atoms with E-state index in [1.807, 2.05) is 0 Å². The lowest BCUT2D eigenvalue weighted by molar-refractivity contribution is -0.171. The molecule has 0 bridgehead atoms. The van der Waals surface area contributed by atoms with Crippen molar-refractivity contribution in [3.8, 4) is 0 Å². The molecule has 0 aliphatic rings. The van der Waals surface area contributed by atoms with Gasteiger partial charge in [0, 0.05) is 0 Å². The van der Waals surface area contributed by atoms with Gasteiger partial charge in [-0.3, -0.25) is 0 Å². The van der Waals surface area contributed by atoms with Crippen LogP contribution in [0.15, 0.2) is 12.2 Å². The first-order valence-electron chi connectivity index (χ1n) is 6.27. The van der Waals surface area contributed by atoms with Gasteiger partial charge in [-0.15, -0.1) is 0 Å². The van der Waals surface area contributed by atoms with Crippen molar-refractivity contribution in [2.45, 2.75) is 58.0 Å². The molecule has 0 amide bonds. The lowest BCUT2D eigenvalue weighted by Gasteiger charge is -2.09. The predicted octanol–water partition coefficient (Wildman–Crippen LogP) is 4.87. The Kier molecular flexibility index (Phi) is 9.23. The molecule has 0 fully saturated rings. The van der Waals surface area contributed by atoms with E-state index in [0.29, 0.717) is 0 Å². The number of hydrogen-bond acceptors (Lipinski definition) is 1. The van der Waals surface area contributed by atoms with Crippen molar-refractivity contribution < 1.29 is 17.9 Å². The lowest BCUT2D eigenvalue weighted by Crippen LogP contribution is -2.17. The maximum absolute atomic E-state index is 11.8. The number of halogens is 3. The van der Waals surface area contributed by atoms with Crippen LogP contribution in [0, 0.1) is 0 Å². The molecule has 0 rings (SSSR count). The van der Waals surface area contributed by atoms with Gasteiger partial charge in [0.2, 0.25) is 0 Å². The summed E-state index contributed by atoms with van der Waals surface area (Å²) in [6.45, 7) is 4.73. The number of rotatable bonds is 10. The first kappa shape index (κ1) is 16.5. The molecule has 0 spiro atoms. The number of hydrogen-bond donors (Lipinski definition) is 0. The molecule has 102 valence electrons. The summed E-state index contributed by atoms with van der Waals surface area (Å²) in [5, 5.41) is 0. The molecule has 0 aromatic rings. The third-order valence-corrected chi connectivity index (χ3v) is 2.46. The Hall–Kier alpha value is -0.510. The summed E-state index contributed by atoms with van der Waals surface area (Å²) in [4.78, 5) is 0. The monoisotopic (exact) mass is 252 g/mol. The smallest absolute Gasteiger partial charge is 0.368 e. The zero-order valence-electron chi connectivity index (χ0n) is 10.6. The minimum absolute atomic E-state index is 0.0223. The molecule has 0 radical (unpaired) electrons. The van der Waals surface area contributed by atoms with E-state index >= 15 is 0 Å². The number of alkyl halides is 3. The van der Waals surface area contributed by atoms with Crippen molar-refractivity contribution in [1.82, 2.24) is 0 Å². The summed E-state index contributed by atoms with van der Waals surface area (Å²) < 4.78 is 39.9. The Bertz CT molecular complexity index is 199. The van der Waals surface area contributed by atoms with E-state index in [2.05, 4.69) is 18.2 Å². The standard InChI is InChI=1S/C13H23F3O/c1-3-4-5-6-7-8-9-12(2)10-17-11-13(14,15)16/h2-11H2,1H3. The minimum Gasteiger partial charge on any atom is -0.368 e. The Labute approximate surface area is 102 Å². The maximum atomic E-state index is 11.8. The van der Waals surface area contributed by atoms with Crippen LogP contribution in [0.5, 0.6) is 0 Å². The highest BCUT2D eigenvalue weighted by atomic mass is 19.4. The molecule has 0 saturated heterocycles. The van der Waals surface area contributed by atoms with Crippen LogP contribution in [-0.2, 0) is 4.74 Å². The molecule has 0 aromatic carbocycles. The normalized spacial score (nSPS) is 11.8. The summed E-state index contributed by atoms with van der Waals surface area (Å²) in [6, 6.07) is 0. The molecular weight excluding hydrogens is 229 g/mol. The Morgan fingerprint density at radius 3 is 2.24 bits per heavy atom. The van der Waals surface area contributed by atoms with Crippen LogP contribution in [-0.4, -0.2) is 19.4 Å². The van der Waals surface area contributed by atoms with Crippen molar-refractivity contribution in [3.63, 3.8) is 0 Å². The molecule has 0 aromatic heterocycles. The van der Waals surface area contributed by atoms with Crippen molar-refractivity contribution in [1.29, 1.82) is 0 Å². The highest BCUT2D eigenvalue weighted by molar-refractivity contribution is 4.93. The largest absolute Gasteiger partial charge is 0.411 e. The second kappa shape index (κ2) is 9.51. The summed E-state index contributed by atoms with van der Waals surface area (Å²) >= 11 is 0. The Balaban J connectivity index is 3.29. The molecule has 0 heterocycles. The predicted molar refractivity (Wildman–Crippen MR) is 64.0 cm³/mol. The van der Waals surface area contributed by atoms with Crippen LogP contribution in [0.25, 0.3) is 0 Å². The van der Waals surface area contributed by atoms with Gasteiger partial charge in [-0.2, -0.15) is 13.2 Å². The van der Waals surface area contributed by atoms with Crippen molar-refractivity contribution >= 4 is 0 Å². The zero-order chi connectivity index (χ0) is 13.1. The van der Waals surface area contributed by atoms with Crippen molar-refractivity contribution in [3.05, 3.63) is 12.2 Å². The number of ether oxygens (including phenoxy) is 1. The van der Waals surface area contributed by atoms with E-state index in [1.54, 1.807) is 0 Å². The summed E-state index contributed by atoms with van der Waals surface area (Å²) in [7, 11) is 0. The van der Waals surface area contributed by atoms with Gasteiger partial charge in [0.25, 0.3) is 0 Å². The van der Waals surface area contributed by atoms with E-state index in [0.717, 1.165) is 24.8 Å². The molecule has 0 saturated carbocycles. The van der Waals surface area contributed by atoms with Crippen LogP contribution in [0.2, 0.25) is 0 Å². The fourth-order valence-electron chi connectivity index (χ4n) is 1.54. The van der Waals surface area contributed by atoms with E-state index in [1.165, 1.54) is 25.7 Å². The van der Waals surface area contributed by atoms with Gasteiger partial charge < -0.3 is 4.74 Å². The lowest BCUT2D eigenvalue weighted by atomic mass is 10.1. The molecule has 0 aliphatic heterocycles. The first-order chi connectivity index (χ1) is 7.95. The van der Waals surface area contributed by atoms with Crippen molar-refractivity contribution in [2.75, 3.05) is 13.2 Å². The average Bonchev–Trinajstić information content (AvgIpc) is 2.21. The first-order valence-corrected chi connectivity index (χ1v) is 6.27. The van der Waals surface area contributed by atoms with Gasteiger partial charge in [-0.05, 0) is 12.8 Å². The SMILES string of the molecule is C=C(CCCCCCCC)COCC(F)(F)F. The maximum Gasteiger partial charge on any atom is 0.411 e. The third kappa shape index (κ3) is 13.4. The van der Waals surface area contributed by atoms with Gasteiger partial charge in [0.05, 0.1) is 6.61 Å². The average molecular weight is 252 g/mol. The topological polar surface area (TPSA) is 9.23 Å².